The molecule has 2 aliphatic heterocycles. The van der Waals surface area contributed by atoms with Crippen molar-refractivity contribution in [1.29, 1.82) is 5.26 Å². The van der Waals surface area contributed by atoms with E-state index in [4.69, 9.17) is 10.00 Å². The Balaban J connectivity index is 0.00000225. The topological polar surface area (TPSA) is 56.6 Å². The van der Waals surface area contributed by atoms with E-state index in [0.29, 0.717) is 29.0 Å². The quantitative estimate of drug-likeness (QED) is 0.796. The van der Waals surface area contributed by atoms with Crippen LogP contribution in [-0.4, -0.2) is 49.5 Å². The van der Waals surface area contributed by atoms with Gasteiger partial charge in [-0.2, -0.15) is 5.26 Å². The molecule has 2 heterocycles. The monoisotopic (exact) mass is 397 g/mol. The maximum Gasteiger partial charge on any atom is 0.253 e. The molecule has 28 heavy (non-hydrogen) atoms. The first-order valence-corrected chi connectivity index (χ1v) is 9.24. The summed E-state index contributed by atoms with van der Waals surface area (Å²) >= 11 is 0. The number of hydrogen-bond acceptors (Lipinski definition) is 4. The van der Waals surface area contributed by atoms with E-state index in [1.165, 1.54) is 5.56 Å². The summed E-state index contributed by atoms with van der Waals surface area (Å²) in [7, 11) is 3.84. The van der Waals surface area contributed by atoms with E-state index >= 15 is 0 Å². The van der Waals surface area contributed by atoms with Crippen LogP contribution in [0.15, 0.2) is 48.5 Å². The lowest BCUT2D eigenvalue weighted by Gasteiger charge is -2.27. The summed E-state index contributed by atoms with van der Waals surface area (Å²) < 4.78 is 5.27. The minimum absolute atomic E-state index is 0. The minimum atomic E-state index is 0. The SMILES string of the molecule is COc1ccc([C@@H]2[C@@H]3CN(C(=O)c4cccc(C#N)c4)C[C@@H]3CN2C)cc1.Cl. The van der Waals surface area contributed by atoms with Crippen molar-refractivity contribution in [3.63, 3.8) is 0 Å². The van der Waals surface area contributed by atoms with Crippen LogP contribution in [-0.2, 0) is 0 Å². The lowest BCUT2D eigenvalue weighted by molar-refractivity contribution is 0.0768. The van der Waals surface area contributed by atoms with Crippen LogP contribution < -0.4 is 4.74 Å². The highest BCUT2D eigenvalue weighted by molar-refractivity contribution is 5.94. The van der Waals surface area contributed by atoms with Crippen LogP contribution in [0.3, 0.4) is 0 Å². The number of nitriles is 1. The van der Waals surface area contributed by atoms with E-state index in [2.05, 4.69) is 30.1 Å². The van der Waals surface area contributed by atoms with E-state index < -0.39 is 0 Å². The lowest BCUT2D eigenvalue weighted by Crippen LogP contribution is -2.33. The molecule has 0 aliphatic carbocycles. The van der Waals surface area contributed by atoms with Gasteiger partial charge in [-0.3, -0.25) is 9.69 Å². The van der Waals surface area contributed by atoms with Gasteiger partial charge in [0.2, 0.25) is 0 Å². The number of halogens is 1. The Hall–Kier alpha value is -2.55. The number of benzene rings is 2. The Kier molecular flexibility index (Phi) is 5.93. The van der Waals surface area contributed by atoms with Gasteiger partial charge in [-0.1, -0.05) is 18.2 Å². The van der Waals surface area contributed by atoms with E-state index in [1.54, 1.807) is 31.4 Å². The highest BCUT2D eigenvalue weighted by Gasteiger charge is 2.47. The third-order valence-electron chi connectivity index (χ3n) is 5.88. The van der Waals surface area contributed by atoms with Gasteiger partial charge in [0.05, 0.1) is 18.7 Å². The van der Waals surface area contributed by atoms with Gasteiger partial charge in [-0.25, -0.2) is 0 Å². The number of carbonyl (C=O) groups is 1. The Morgan fingerprint density at radius 2 is 1.89 bits per heavy atom. The number of methoxy groups -OCH3 is 1. The average molecular weight is 398 g/mol. The molecule has 6 heteroatoms. The lowest BCUT2D eigenvalue weighted by atomic mass is 9.89. The Morgan fingerprint density at radius 3 is 2.57 bits per heavy atom. The molecule has 2 aliphatic rings. The fraction of sp³-hybridized carbons (Fsp3) is 0.364. The zero-order valence-electron chi connectivity index (χ0n) is 16.0. The van der Waals surface area contributed by atoms with Crippen LogP contribution in [0, 0.1) is 23.2 Å². The first-order valence-electron chi connectivity index (χ1n) is 9.24. The molecule has 0 saturated carbocycles. The van der Waals surface area contributed by atoms with Crippen molar-refractivity contribution >= 4 is 18.3 Å². The molecule has 2 aromatic rings. The Labute approximate surface area is 171 Å². The first-order chi connectivity index (χ1) is 13.1. The number of likely N-dealkylation sites (tertiary alicyclic amines) is 2. The Bertz CT molecular complexity index is 893. The highest BCUT2D eigenvalue weighted by Crippen LogP contribution is 2.44. The van der Waals surface area contributed by atoms with Crippen LogP contribution in [0.2, 0.25) is 0 Å². The van der Waals surface area contributed by atoms with Gasteiger partial charge in [0.25, 0.3) is 5.91 Å². The summed E-state index contributed by atoms with van der Waals surface area (Å²) in [6.45, 7) is 2.52. The summed E-state index contributed by atoms with van der Waals surface area (Å²) in [4.78, 5) is 17.3. The number of ether oxygens (including phenoxy) is 1. The van der Waals surface area contributed by atoms with Crippen LogP contribution in [0.25, 0.3) is 0 Å². The van der Waals surface area contributed by atoms with Gasteiger partial charge in [0.15, 0.2) is 0 Å². The zero-order valence-corrected chi connectivity index (χ0v) is 16.9. The normalized spacial score (nSPS) is 23.6. The summed E-state index contributed by atoms with van der Waals surface area (Å²) in [6, 6.07) is 17.7. The van der Waals surface area contributed by atoms with Crippen molar-refractivity contribution < 1.29 is 9.53 Å². The molecule has 0 bridgehead atoms. The van der Waals surface area contributed by atoms with E-state index in [1.807, 2.05) is 17.0 Å². The van der Waals surface area contributed by atoms with Crippen LogP contribution >= 0.6 is 12.4 Å². The zero-order chi connectivity index (χ0) is 19.0. The average Bonchev–Trinajstić information content (AvgIpc) is 3.24. The molecule has 5 nitrogen and oxygen atoms in total. The van der Waals surface area contributed by atoms with E-state index in [-0.39, 0.29) is 18.3 Å². The number of amides is 1. The second-order valence-corrected chi connectivity index (χ2v) is 7.48. The van der Waals surface area contributed by atoms with Crippen molar-refractivity contribution in [2.75, 3.05) is 33.8 Å². The highest BCUT2D eigenvalue weighted by atomic mass is 35.5. The van der Waals surface area contributed by atoms with Gasteiger partial charge in [-0.05, 0) is 48.9 Å². The standard InChI is InChI=1S/C22H23N3O2.ClH/c1-24-12-18-13-25(22(26)17-5-3-4-15(10-17)11-23)14-20(18)21(24)16-6-8-19(27-2)9-7-16;/h3-10,18,20-21H,12-14H2,1-2H3;1H/t18-,20+,21+;/m0./s1. The summed E-state index contributed by atoms with van der Waals surface area (Å²) in [5.74, 6) is 1.78. The molecular weight excluding hydrogens is 374 g/mol. The number of rotatable bonds is 3. The second-order valence-electron chi connectivity index (χ2n) is 7.48. The maximum atomic E-state index is 12.9. The minimum Gasteiger partial charge on any atom is -0.497 e. The molecule has 2 saturated heterocycles. The molecule has 2 aromatic carbocycles. The van der Waals surface area contributed by atoms with Crippen molar-refractivity contribution in [3.05, 3.63) is 65.2 Å². The van der Waals surface area contributed by atoms with Gasteiger partial charge in [-0.15, -0.1) is 12.4 Å². The number of fused-ring (bicyclic) bond motifs is 1. The molecule has 3 atom stereocenters. The van der Waals surface area contributed by atoms with E-state index in [9.17, 15) is 4.79 Å². The summed E-state index contributed by atoms with van der Waals surface area (Å²) in [6.07, 6.45) is 0. The predicted molar refractivity (Wildman–Crippen MR) is 110 cm³/mol. The molecule has 0 spiro atoms. The fourth-order valence-corrected chi connectivity index (χ4v) is 4.63. The first kappa shape index (κ1) is 20.2. The van der Waals surface area contributed by atoms with E-state index in [0.717, 1.165) is 25.4 Å². The van der Waals surface area contributed by atoms with Crippen molar-refractivity contribution in [2.45, 2.75) is 6.04 Å². The molecule has 0 radical (unpaired) electrons. The molecule has 146 valence electrons. The molecule has 0 aromatic heterocycles. The predicted octanol–water partition coefficient (Wildman–Crippen LogP) is 3.36. The molecule has 0 N–H and O–H groups in total. The third kappa shape index (κ3) is 3.58. The van der Waals surface area contributed by atoms with Crippen LogP contribution in [0.5, 0.6) is 5.75 Å². The number of nitrogens with zero attached hydrogens (tertiary/aromatic N) is 3. The molecule has 4 rings (SSSR count). The van der Waals surface area contributed by atoms with Crippen molar-refractivity contribution in [1.82, 2.24) is 9.80 Å². The third-order valence-corrected chi connectivity index (χ3v) is 5.88. The summed E-state index contributed by atoms with van der Waals surface area (Å²) in [5.41, 5.74) is 2.39. The largest absolute Gasteiger partial charge is 0.497 e. The van der Waals surface area contributed by atoms with Gasteiger partial charge >= 0.3 is 0 Å². The van der Waals surface area contributed by atoms with Crippen LogP contribution in [0.1, 0.15) is 27.5 Å². The summed E-state index contributed by atoms with van der Waals surface area (Å²) in [5, 5.41) is 9.08. The number of carbonyl (C=O) groups excluding carboxylic acids is 1. The maximum absolute atomic E-state index is 12.9. The van der Waals surface area contributed by atoms with Crippen molar-refractivity contribution in [2.24, 2.45) is 11.8 Å². The Morgan fingerprint density at radius 1 is 1.14 bits per heavy atom. The number of hydrogen-bond donors (Lipinski definition) is 0. The van der Waals surface area contributed by atoms with Gasteiger partial charge in [0, 0.05) is 37.2 Å². The second kappa shape index (κ2) is 8.22. The smallest absolute Gasteiger partial charge is 0.253 e. The fourth-order valence-electron chi connectivity index (χ4n) is 4.63. The molecule has 1 amide bonds. The van der Waals surface area contributed by atoms with Gasteiger partial charge in [0.1, 0.15) is 5.75 Å². The molecule has 2 fully saturated rings. The van der Waals surface area contributed by atoms with Crippen LogP contribution in [0.4, 0.5) is 0 Å². The van der Waals surface area contributed by atoms with Gasteiger partial charge < -0.3 is 9.64 Å². The molecule has 0 unspecified atom stereocenters. The van der Waals surface area contributed by atoms with Crippen molar-refractivity contribution in [3.8, 4) is 11.8 Å². The molecular formula is C22H24ClN3O2.